The van der Waals surface area contributed by atoms with Gasteiger partial charge in [-0.3, -0.25) is 0 Å². The third kappa shape index (κ3) is 3.56. The van der Waals surface area contributed by atoms with Gasteiger partial charge in [0.25, 0.3) is 0 Å². The van der Waals surface area contributed by atoms with Crippen LogP contribution in [0.1, 0.15) is 46.0 Å². The Kier molecular flexibility index (Phi) is 5.42. The van der Waals surface area contributed by atoms with Crippen LogP contribution in [0.2, 0.25) is 0 Å². The SMILES string of the molecule is CCCCN(CCCC)C1=NNCC1. The molecule has 82 valence electrons. The molecule has 1 heterocycles. The van der Waals surface area contributed by atoms with Crippen molar-refractivity contribution in [2.24, 2.45) is 5.10 Å². The molecular weight excluding hydrogens is 174 g/mol. The molecule has 14 heavy (non-hydrogen) atoms. The third-order valence-electron chi connectivity index (χ3n) is 2.60. The van der Waals surface area contributed by atoms with Gasteiger partial charge in [-0.2, -0.15) is 5.10 Å². The van der Waals surface area contributed by atoms with Gasteiger partial charge < -0.3 is 10.3 Å². The highest BCUT2D eigenvalue weighted by atomic mass is 15.4. The molecule has 0 saturated heterocycles. The predicted octanol–water partition coefficient (Wildman–Crippen LogP) is 2.20. The highest BCUT2D eigenvalue weighted by Gasteiger charge is 2.13. The van der Waals surface area contributed by atoms with Crippen LogP contribution in [0.15, 0.2) is 5.10 Å². The lowest BCUT2D eigenvalue weighted by Crippen LogP contribution is -2.31. The summed E-state index contributed by atoms with van der Waals surface area (Å²) in [6.07, 6.45) is 6.20. The fourth-order valence-electron chi connectivity index (χ4n) is 1.67. The van der Waals surface area contributed by atoms with Gasteiger partial charge in [0.2, 0.25) is 0 Å². The summed E-state index contributed by atoms with van der Waals surface area (Å²) >= 11 is 0. The largest absolute Gasteiger partial charge is 0.359 e. The van der Waals surface area contributed by atoms with Crippen molar-refractivity contribution in [2.75, 3.05) is 19.6 Å². The van der Waals surface area contributed by atoms with E-state index in [4.69, 9.17) is 0 Å². The average molecular weight is 197 g/mol. The quantitative estimate of drug-likeness (QED) is 0.707. The second-order valence-electron chi connectivity index (χ2n) is 3.88. The molecule has 0 atom stereocenters. The van der Waals surface area contributed by atoms with E-state index in [1.165, 1.54) is 44.6 Å². The number of rotatable bonds is 6. The van der Waals surface area contributed by atoms with E-state index in [0.29, 0.717) is 0 Å². The van der Waals surface area contributed by atoms with E-state index in [-0.39, 0.29) is 0 Å². The van der Waals surface area contributed by atoms with Crippen molar-refractivity contribution >= 4 is 5.84 Å². The molecule has 0 aromatic carbocycles. The summed E-state index contributed by atoms with van der Waals surface area (Å²) in [6, 6.07) is 0. The molecule has 1 aliphatic heterocycles. The van der Waals surface area contributed by atoms with Gasteiger partial charge in [0.05, 0.1) is 0 Å². The fraction of sp³-hybridized carbons (Fsp3) is 0.909. The van der Waals surface area contributed by atoms with Crippen molar-refractivity contribution in [3.8, 4) is 0 Å². The van der Waals surface area contributed by atoms with Crippen molar-refractivity contribution in [2.45, 2.75) is 46.0 Å². The van der Waals surface area contributed by atoms with Crippen molar-refractivity contribution in [3.05, 3.63) is 0 Å². The number of unbranched alkanes of at least 4 members (excludes halogenated alkanes) is 2. The van der Waals surface area contributed by atoms with Crippen molar-refractivity contribution in [1.82, 2.24) is 10.3 Å². The average Bonchev–Trinajstić information content (AvgIpc) is 2.71. The van der Waals surface area contributed by atoms with Gasteiger partial charge in [0, 0.05) is 26.1 Å². The van der Waals surface area contributed by atoms with Gasteiger partial charge in [0.1, 0.15) is 5.84 Å². The highest BCUT2D eigenvalue weighted by Crippen LogP contribution is 2.05. The number of amidine groups is 1. The second-order valence-corrected chi connectivity index (χ2v) is 3.88. The summed E-state index contributed by atoms with van der Waals surface area (Å²) in [4.78, 5) is 2.45. The smallest absolute Gasteiger partial charge is 0.126 e. The molecule has 0 fully saturated rings. The lowest BCUT2D eigenvalue weighted by Gasteiger charge is -2.23. The Balaban J connectivity index is 2.34. The molecule has 0 aromatic heterocycles. The highest BCUT2D eigenvalue weighted by molar-refractivity contribution is 5.83. The minimum atomic E-state index is 1.02. The van der Waals surface area contributed by atoms with E-state index >= 15 is 0 Å². The van der Waals surface area contributed by atoms with Gasteiger partial charge in [0.15, 0.2) is 0 Å². The molecule has 0 saturated carbocycles. The number of nitrogens with zero attached hydrogens (tertiary/aromatic N) is 2. The normalized spacial score (nSPS) is 15.1. The lowest BCUT2D eigenvalue weighted by atomic mass is 10.2. The summed E-state index contributed by atoms with van der Waals surface area (Å²) in [6.45, 7) is 7.86. The first kappa shape index (κ1) is 11.3. The minimum absolute atomic E-state index is 1.02. The van der Waals surface area contributed by atoms with Crippen LogP contribution in [0, 0.1) is 0 Å². The summed E-state index contributed by atoms with van der Waals surface area (Å²) < 4.78 is 0. The zero-order chi connectivity index (χ0) is 10.2. The molecule has 1 aliphatic rings. The van der Waals surface area contributed by atoms with Crippen LogP contribution in [0.5, 0.6) is 0 Å². The van der Waals surface area contributed by atoms with E-state index in [9.17, 15) is 0 Å². The standard InChI is InChI=1S/C11H23N3/c1-3-5-9-14(10-6-4-2)11-7-8-12-13-11/h12H,3-10H2,1-2H3. The van der Waals surface area contributed by atoms with E-state index in [0.717, 1.165) is 13.0 Å². The van der Waals surface area contributed by atoms with E-state index < -0.39 is 0 Å². The van der Waals surface area contributed by atoms with Crippen LogP contribution in [0.4, 0.5) is 0 Å². The van der Waals surface area contributed by atoms with Gasteiger partial charge in [-0.15, -0.1) is 0 Å². The topological polar surface area (TPSA) is 27.6 Å². The maximum Gasteiger partial charge on any atom is 0.126 e. The monoisotopic (exact) mass is 197 g/mol. The Morgan fingerprint density at radius 2 is 1.86 bits per heavy atom. The first-order valence-electron chi connectivity index (χ1n) is 5.92. The van der Waals surface area contributed by atoms with Gasteiger partial charge in [-0.25, -0.2) is 0 Å². The van der Waals surface area contributed by atoms with E-state index in [2.05, 4.69) is 29.3 Å². The maximum atomic E-state index is 4.33. The summed E-state index contributed by atoms with van der Waals surface area (Å²) in [5.74, 6) is 1.27. The molecule has 0 radical (unpaired) electrons. The summed E-state index contributed by atoms with van der Waals surface area (Å²) in [5, 5.41) is 4.33. The van der Waals surface area contributed by atoms with Crippen LogP contribution in [-0.4, -0.2) is 30.4 Å². The molecule has 0 aromatic rings. The van der Waals surface area contributed by atoms with Crippen LogP contribution in [0.3, 0.4) is 0 Å². The molecule has 0 unspecified atom stereocenters. The summed E-state index contributed by atoms with van der Waals surface area (Å²) in [7, 11) is 0. The molecule has 0 bridgehead atoms. The molecule has 1 N–H and O–H groups in total. The number of hydrogen-bond acceptors (Lipinski definition) is 3. The minimum Gasteiger partial charge on any atom is -0.359 e. The molecule has 0 amide bonds. The maximum absolute atomic E-state index is 4.33. The number of hydrazone groups is 1. The third-order valence-corrected chi connectivity index (χ3v) is 2.60. The van der Waals surface area contributed by atoms with Crippen molar-refractivity contribution in [1.29, 1.82) is 0 Å². The molecule has 1 rings (SSSR count). The lowest BCUT2D eigenvalue weighted by molar-refractivity contribution is 0.393. The van der Waals surface area contributed by atoms with Gasteiger partial charge in [-0.1, -0.05) is 26.7 Å². The molecular formula is C11H23N3. The molecule has 3 heteroatoms. The molecule has 0 aliphatic carbocycles. The van der Waals surface area contributed by atoms with Gasteiger partial charge in [-0.05, 0) is 12.8 Å². The predicted molar refractivity (Wildman–Crippen MR) is 61.4 cm³/mol. The summed E-state index contributed by atoms with van der Waals surface area (Å²) in [5.41, 5.74) is 3.05. The second kappa shape index (κ2) is 6.68. The first-order valence-corrected chi connectivity index (χ1v) is 5.92. The Hall–Kier alpha value is -0.730. The fourth-order valence-corrected chi connectivity index (χ4v) is 1.67. The molecule has 3 nitrogen and oxygen atoms in total. The zero-order valence-electron chi connectivity index (χ0n) is 9.55. The van der Waals surface area contributed by atoms with Crippen LogP contribution >= 0.6 is 0 Å². The molecule has 0 spiro atoms. The zero-order valence-corrected chi connectivity index (χ0v) is 9.55. The van der Waals surface area contributed by atoms with Crippen molar-refractivity contribution in [3.63, 3.8) is 0 Å². The van der Waals surface area contributed by atoms with Crippen molar-refractivity contribution < 1.29 is 0 Å². The van der Waals surface area contributed by atoms with Crippen LogP contribution in [-0.2, 0) is 0 Å². The number of nitrogens with one attached hydrogen (secondary N) is 1. The first-order chi connectivity index (χ1) is 6.88. The van der Waals surface area contributed by atoms with E-state index in [1.54, 1.807) is 0 Å². The number of hydrogen-bond donors (Lipinski definition) is 1. The van der Waals surface area contributed by atoms with Crippen LogP contribution < -0.4 is 5.43 Å². The van der Waals surface area contributed by atoms with Crippen LogP contribution in [0.25, 0.3) is 0 Å². The Morgan fingerprint density at radius 3 is 2.29 bits per heavy atom. The Bertz CT molecular complexity index is 169. The van der Waals surface area contributed by atoms with Gasteiger partial charge >= 0.3 is 0 Å². The van der Waals surface area contributed by atoms with E-state index in [1.807, 2.05) is 0 Å². The Morgan fingerprint density at radius 1 is 1.21 bits per heavy atom. The Labute approximate surface area is 87.6 Å².